The number of nitrogens with zero attached hydrogens (tertiary/aromatic N) is 1. The first-order valence-electron chi connectivity index (χ1n) is 7.27. The van der Waals surface area contributed by atoms with Crippen LogP contribution in [-0.4, -0.2) is 43.3 Å². The fourth-order valence-corrected chi connectivity index (χ4v) is 3.46. The molecule has 17 heavy (non-hydrogen) atoms. The summed E-state index contributed by atoms with van der Waals surface area (Å²) in [5.74, 6) is 0.891. The van der Waals surface area contributed by atoms with Gasteiger partial charge in [0, 0.05) is 31.3 Å². The molecule has 0 spiro atoms. The molecule has 2 rings (SSSR count). The van der Waals surface area contributed by atoms with Gasteiger partial charge < -0.3 is 10.5 Å². The smallest absolute Gasteiger partial charge is 0.0480 e. The van der Waals surface area contributed by atoms with E-state index < -0.39 is 0 Å². The summed E-state index contributed by atoms with van der Waals surface area (Å²) in [6.07, 6.45) is 7.50. The van der Waals surface area contributed by atoms with Crippen LogP contribution in [0.3, 0.4) is 0 Å². The maximum atomic E-state index is 6.33. The molecular formula is C14H28N2O. The fourth-order valence-electron chi connectivity index (χ4n) is 3.46. The molecule has 3 heteroatoms. The summed E-state index contributed by atoms with van der Waals surface area (Å²) in [5, 5.41) is 0. The number of hydrogen-bond donors (Lipinski definition) is 1. The zero-order valence-electron chi connectivity index (χ0n) is 11.4. The number of likely N-dealkylation sites (N-methyl/N-ethyl adjacent to an activating group) is 1. The summed E-state index contributed by atoms with van der Waals surface area (Å²) in [4.78, 5) is 2.56. The molecule has 1 saturated heterocycles. The minimum atomic E-state index is 0.380. The minimum Gasteiger partial charge on any atom is -0.381 e. The summed E-state index contributed by atoms with van der Waals surface area (Å²) >= 11 is 0. The van der Waals surface area contributed by atoms with E-state index in [2.05, 4.69) is 18.9 Å². The molecule has 0 radical (unpaired) electrons. The summed E-state index contributed by atoms with van der Waals surface area (Å²) in [5.41, 5.74) is 6.33. The van der Waals surface area contributed by atoms with Gasteiger partial charge in [-0.3, -0.25) is 4.90 Å². The largest absolute Gasteiger partial charge is 0.381 e. The number of hydrogen-bond acceptors (Lipinski definition) is 3. The maximum Gasteiger partial charge on any atom is 0.0480 e. The average molecular weight is 240 g/mol. The predicted octanol–water partition coefficient (Wildman–Crippen LogP) is 2.00. The lowest BCUT2D eigenvalue weighted by atomic mass is 9.80. The van der Waals surface area contributed by atoms with Gasteiger partial charge in [0.2, 0.25) is 0 Å². The van der Waals surface area contributed by atoms with Gasteiger partial charge in [-0.05, 0) is 45.1 Å². The van der Waals surface area contributed by atoms with E-state index in [-0.39, 0.29) is 0 Å². The van der Waals surface area contributed by atoms with Crippen molar-refractivity contribution in [1.82, 2.24) is 4.90 Å². The van der Waals surface area contributed by atoms with E-state index in [1.807, 2.05) is 0 Å². The van der Waals surface area contributed by atoms with Crippen LogP contribution in [0.1, 0.15) is 45.4 Å². The molecule has 2 aliphatic rings. The first-order chi connectivity index (χ1) is 8.22. The first kappa shape index (κ1) is 13.3. The zero-order valence-corrected chi connectivity index (χ0v) is 11.4. The molecule has 0 amide bonds. The van der Waals surface area contributed by atoms with Gasteiger partial charge >= 0.3 is 0 Å². The molecule has 1 saturated carbocycles. The second kappa shape index (κ2) is 6.17. The standard InChI is InChI=1S/C14H28N2O/c1-3-11-4-5-13(15)14(10-11)16(2)12-6-8-17-9-7-12/h11-14H,3-10,15H2,1-2H3. The quantitative estimate of drug-likeness (QED) is 0.820. The molecule has 0 bridgehead atoms. The van der Waals surface area contributed by atoms with E-state index in [1.54, 1.807) is 0 Å². The van der Waals surface area contributed by atoms with Crippen molar-refractivity contribution >= 4 is 0 Å². The molecular weight excluding hydrogens is 212 g/mol. The predicted molar refractivity (Wildman–Crippen MR) is 71.0 cm³/mol. The molecule has 0 aromatic rings. The lowest BCUT2D eigenvalue weighted by Gasteiger charge is -2.44. The molecule has 0 aromatic carbocycles. The van der Waals surface area contributed by atoms with E-state index >= 15 is 0 Å². The van der Waals surface area contributed by atoms with Crippen LogP contribution in [0, 0.1) is 5.92 Å². The van der Waals surface area contributed by atoms with Crippen molar-refractivity contribution < 1.29 is 4.74 Å². The van der Waals surface area contributed by atoms with Crippen LogP contribution in [0.5, 0.6) is 0 Å². The molecule has 1 aliphatic heterocycles. The van der Waals surface area contributed by atoms with Gasteiger partial charge in [-0.15, -0.1) is 0 Å². The van der Waals surface area contributed by atoms with Crippen molar-refractivity contribution in [3.63, 3.8) is 0 Å². The Morgan fingerprint density at radius 1 is 1.18 bits per heavy atom. The van der Waals surface area contributed by atoms with Crippen molar-refractivity contribution in [2.45, 2.75) is 63.6 Å². The van der Waals surface area contributed by atoms with Gasteiger partial charge in [0.1, 0.15) is 0 Å². The van der Waals surface area contributed by atoms with Crippen molar-refractivity contribution in [2.75, 3.05) is 20.3 Å². The summed E-state index contributed by atoms with van der Waals surface area (Å²) in [7, 11) is 2.28. The van der Waals surface area contributed by atoms with E-state index in [9.17, 15) is 0 Å². The summed E-state index contributed by atoms with van der Waals surface area (Å²) in [6, 6.07) is 1.66. The Bertz CT molecular complexity index is 228. The van der Waals surface area contributed by atoms with Crippen molar-refractivity contribution in [3.05, 3.63) is 0 Å². The topological polar surface area (TPSA) is 38.5 Å². The van der Waals surface area contributed by atoms with Gasteiger partial charge in [0.25, 0.3) is 0 Å². The molecule has 3 unspecified atom stereocenters. The Morgan fingerprint density at radius 2 is 1.88 bits per heavy atom. The Kier molecular flexibility index (Phi) is 4.83. The van der Waals surface area contributed by atoms with E-state index in [4.69, 9.17) is 10.5 Å². The number of nitrogens with two attached hydrogens (primary N) is 1. The molecule has 1 heterocycles. The third kappa shape index (κ3) is 3.21. The fraction of sp³-hybridized carbons (Fsp3) is 1.00. The highest BCUT2D eigenvalue weighted by Crippen LogP contribution is 2.30. The van der Waals surface area contributed by atoms with Crippen LogP contribution < -0.4 is 5.73 Å². The van der Waals surface area contributed by atoms with E-state index in [1.165, 1.54) is 38.5 Å². The molecule has 2 fully saturated rings. The Labute approximate surface area is 106 Å². The second-order valence-corrected chi connectivity index (χ2v) is 5.83. The van der Waals surface area contributed by atoms with Gasteiger partial charge in [0.15, 0.2) is 0 Å². The van der Waals surface area contributed by atoms with E-state index in [0.29, 0.717) is 18.1 Å². The van der Waals surface area contributed by atoms with Crippen LogP contribution in [-0.2, 0) is 4.74 Å². The Balaban J connectivity index is 1.93. The number of rotatable bonds is 3. The summed E-state index contributed by atoms with van der Waals surface area (Å²) in [6.45, 7) is 4.16. The molecule has 1 aliphatic carbocycles. The molecule has 2 N–H and O–H groups in total. The lowest BCUT2D eigenvalue weighted by Crippen LogP contribution is -2.54. The van der Waals surface area contributed by atoms with Crippen LogP contribution in [0.25, 0.3) is 0 Å². The lowest BCUT2D eigenvalue weighted by molar-refractivity contribution is 0.0121. The van der Waals surface area contributed by atoms with E-state index in [0.717, 1.165) is 19.1 Å². The van der Waals surface area contributed by atoms with Crippen molar-refractivity contribution in [1.29, 1.82) is 0 Å². The van der Waals surface area contributed by atoms with Gasteiger partial charge in [-0.2, -0.15) is 0 Å². The van der Waals surface area contributed by atoms with Gasteiger partial charge in [-0.1, -0.05) is 13.3 Å². The SMILES string of the molecule is CCC1CCC(N)C(N(C)C2CCOCC2)C1. The first-order valence-corrected chi connectivity index (χ1v) is 7.27. The highest BCUT2D eigenvalue weighted by molar-refractivity contribution is 4.90. The maximum absolute atomic E-state index is 6.33. The zero-order chi connectivity index (χ0) is 12.3. The van der Waals surface area contributed by atoms with Gasteiger partial charge in [0.05, 0.1) is 0 Å². The minimum absolute atomic E-state index is 0.380. The van der Waals surface area contributed by atoms with Crippen LogP contribution in [0.2, 0.25) is 0 Å². The number of ether oxygens (including phenoxy) is 1. The highest BCUT2D eigenvalue weighted by Gasteiger charge is 2.33. The molecule has 3 nitrogen and oxygen atoms in total. The average Bonchev–Trinajstić information content (AvgIpc) is 2.39. The van der Waals surface area contributed by atoms with Crippen LogP contribution >= 0.6 is 0 Å². The Hall–Kier alpha value is -0.120. The van der Waals surface area contributed by atoms with Crippen molar-refractivity contribution in [2.24, 2.45) is 11.7 Å². The third-order valence-electron chi connectivity index (χ3n) is 4.84. The molecule has 0 aromatic heterocycles. The molecule has 100 valence electrons. The van der Waals surface area contributed by atoms with Crippen LogP contribution in [0.15, 0.2) is 0 Å². The third-order valence-corrected chi connectivity index (χ3v) is 4.84. The normalized spacial score (nSPS) is 36.4. The second-order valence-electron chi connectivity index (χ2n) is 5.83. The summed E-state index contributed by atoms with van der Waals surface area (Å²) < 4.78 is 5.45. The van der Waals surface area contributed by atoms with Crippen LogP contribution in [0.4, 0.5) is 0 Å². The van der Waals surface area contributed by atoms with Crippen molar-refractivity contribution in [3.8, 4) is 0 Å². The monoisotopic (exact) mass is 240 g/mol. The Morgan fingerprint density at radius 3 is 2.53 bits per heavy atom. The molecule has 3 atom stereocenters. The highest BCUT2D eigenvalue weighted by atomic mass is 16.5. The van der Waals surface area contributed by atoms with Gasteiger partial charge in [-0.25, -0.2) is 0 Å².